The van der Waals surface area contributed by atoms with E-state index in [0.29, 0.717) is 48.8 Å². The molecule has 4 aromatic rings. The highest BCUT2D eigenvalue weighted by Crippen LogP contribution is 2.43. The molecule has 2 fully saturated rings. The third kappa shape index (κ3) is 12.4. The molecule has 2 saturated heterocycles. The van der Waals surface area contributed by atoms with Gasteiger partial charge in [-0.05, 0) is 109 Å². The number of halogens is 4. The van der Waals surface area contributed by atoms with Crippen LogP contribution in [-0.4, -0.2) is 120 Å². The fraction of sp³-hybridized carbons (Fsp3) is 0.426. The molecule has 1 aliphatic carbocycles. The van der Waals surface area contributed by atoms with Gasteiger partial charge in [-0.15, -0.1) is 0 Å². The Balaban J connectivity index is 1.03. The molecule has 2 N–H and O–H groups in total. The molecule has 0 aromatic heterocycles. The summed E-state index contributed by atoms with van der Waals surface area (Å²) in [5.41, 5.74) is -1.28. The molecular formula is C47H55ClF3N5O7S3. The van der Waals surface area contributed by atoms with Crippen molar-refractivity contribution in [1.29, 1.82) is 0 Å². The Morgan fingerprint density at radius 2 is 1.53 bits per heavy atom. The number of rotatable bonds is 16. The molecule has 66 heavy (non-hydrogen) atoms. The van der Waals surface area contributed by atoms with Gasteiger partial charge in [0.05, 0.1) is 34.6 Å². The number of piperazine rings is 1. The maximum atomic E-state index is 14.2. The first-order chi connectivity index (χ1) is 31.3. The number of carbonyl (C=O) groups is 1. The fourth-order valence-corrected chi connectivity index (χ4v) is 12.0. The average Bonchev–Trinajstić information content (AvgIpc) is 3.29. The number of anilines is 2. The number of alkyl halides is 3. The Morgan fingerprint density at radius 1 is 0.864 bits per heavy atom. The van der Waals surface area contributed by atoms with Crippen molar-refractivity contribution in [3.05, 3.63) is 119 Å². The Hall–Kier alpha value is -4.30. The molecule has 0 saturated carbocycles. The molecule has 4 aromatic carbocycles. The second-order valence-corrected chi connectivity index (χ2v) is 23.2. The van der Waals surface area contributed by atoms with Crippen LogP contribution in [0.15, 0.2) is 117 Å². The first kappa shape index (κ1) is 49.6. The SMILES string of the molecule is CC1(C)CCC(c2ccc(Cl)cc2)=C(CN2CCN(c3ccc(C(=O)NS(=O)(=O)c4ccc(N[C@H](CCN5CCOCC5)CS(=O)c5ccccc5)c(S(=O)(=O)C(F)(F)F)c4)cc3)CC2)C1. The average molecular weight is 991 g/mol. The van der Waals surface area contributed by atoms with E-state index in [4.69, 9.17) is 16.3 Å². The number of amides is 1. The fourth-order valence-electron chi connectivity index (χ4n) is 8.63. The molecule has 0 spiro atoms. The number of sulfonamides is 1. The number of ether oxygens (including phenoxy) is 1. The molecule has 7 rings (SSSR count). The lowest BCUT2D eigenvalue weighted by Crippen LogP contribution is -2.47. The van der Waals surface area contributed by atoms with Crippen LogP contribution in [0.25, 0.3) is 5.57 Å². The number of carbonyl (C=O) groups excluding carboxylic acids is 1. The standard InChI is InChI=1S/C47H55ClF3N5O7S3/c1-46(2)20-18-42(34-8-12-37(48)13-9-34)36(31-46)32-55-22-24-56(25-23-55)39-14-10-35(11-15-39)45(57)53-66(61,62)41-16-17-43(44(30-41)65(59,60)47(49,50)51)52-38(19-21-54-26-28-63-29-27-54)33-64(58)40-6-4-3-5-7-40/h3-17,30,38,52H,18-29,31-33H2,1-2H3,(H,53,57)/t38-,64?/m1/s1. The summed E-state index contributed by atoms with van der Waals surface area (Å²) in [7, 11) is -12.7. The number of nitrogens with one attached hydrogen (secondary N) is 2. The topological polar surface area (TPSA) is 145 Å². The minimum Gasteiger partial charge on any atom is -0.380 e. The Labute approximate surface area is 393 Å². The lowest BCUT2D eigenvalue weighted by molar-refractivity contribution is -0.0435. The van der Waals surface area contributed by atoms with E-state index in [2.05, 4.69) is 46.0 Å². The third-order valence-corrected chi connectivity index (χ3v) is 17.0. The molecule has 0 bridgehead atoms. The van der Waals surface area contributed by atoms with Gasteiger partial charge >= 0.3 is 5.51 Å². The highest BCUT2D eigenvalue weighted by atomic mass is 35.5. The maximum absolute atomic E-state index is 14.2. The van der Waals surface area contributed by atoms with Gasteiger partial charge in [-0.3, -0.25) is 18.8 Å². The summed E-state index contributed by atoms with van der Waals surface area (Å²) in [5.74, 6) is -1.14. The molecule has 3 aliphatic rings. The van der Waals surface area contributed by atoms with Crippen molar-refractivity contribution in [1.82, 2.24) is 14.5 Å². The zero-order valence-corrected chi connectivity index (χ0v) is 40.1. The largest absolute Gasteiger partial charge is 0.501 e. The highest BCUT2D eigenvalue weighted by molar-refractivity contribution is 7.92. The van der Waals surface area contributed by atoms with Gasteiger partial charge in [0, 0.05) is 85.3 Å². The summed E-state index contributed by atoms with van der Waals surface area (Å²) in [6, 6.07) is 24.3. The Morgan fingerprint density at radius 3 is 2.18 bits per heavy atom. The number of sulfone groups is 1. The first-order valence-electron chi connectivity index (χ1n) is 21.8. The van der Waals surface area contributed by atoms with Crippen LogP contribution in [0.4, 0.5) is 24.5 Å². The maximum Gasteiger partial charge on any atom is 0.501 e. The smallest absolute Gasteiger partial charge is 0.380 e. The molecule has 0 radical (unpaired) electrons. The van der Waals surface area contributed by atoms with E-state index in [1.807, 2.05) is 16.9 Å². The first-order valence-corrected chi connectivity index (χ1v) is 26.5. The van der Waals surface area contributed by atoms with E-state index in [9.17, 15) is 39.0 Å². The monoisotopic (exact) mass is 989 g/mol. The van der Waals surface area contributed by atoms with Crippen LogP contribution < -0.4 is 14.9 Å². The van der Waals surface area contributed by atoms with Gasteiger partial charge in [-0.25, -0.2) is 21.6 Å². The third-order valence-electron chi connectivity index (χ3n) is 12.3. The quantitative estimate of drug-likeness (QED) is 0.113. The van der Waals surface area contributed by atoms with Crippen molar-refractivity contribution in [3.8, 4) is 0 Å². The van der Waals surface area contributed by atoms with Gasteiger partial charge < -0.3 is 15.0 Å². The highest BCUT2D eigenvalue weighted by Gasteiger charge is 2.48. The summed E-state index contributed by atoms with van der Waals surface area (Å²) < 4.78 is 117. The number of hydrogen-bond acceptors (Lipinski definition) is 11. The van der Waals surface area contributed by atoms with Gasteiger partial charge in [0.1, 0.15) is 4.90 Å². The minimum absolute atomic E-state index is 0.0292. The van der Waals surface area contributed by atoms with Gasteiger partial charge in [0.25, 0.3) is 25.8 Å². The van der Waals surface area contributed by atoms with Gasteiger partial charge in [-0.1, -0.05) is 61.4 Å². The van der Waals surface area contributed by atoms with Crippen LogP contribution in [0.5, 0.6) is 0 Å². The molecule has 2 atom stereocenters. The van der Waals surface area contributed by atoms with E-state index < -0.39 is 63.6 Å². The zero-order chi connectivity index (χ0) is 47.3. The van der Waals surface area contributed by atoms with Crippen LogP contribution >= 0.6 is 11.6 Å². The van der Waals surface area contributed by atoms with E-state index in [1.54, 1.807) is 42.5 Å². The summed E-state index contributed by atoms with van der Waals surface area (Å²) in [4.78, 5) is 18.3. The van der Waals surface area contributed by atoms with Gasteiger partial charge in [0.2, 0.25) is 0 Å². The number of morpholine rings is 1. The van der Waals surface area contributed by atoms with Crippen LogP contribution in [0.1, 0.15) is 55.5 Å². The number of hydrogen-bond donors (Lipinski definition) is 2. The lowest BCUT2D eigenvalue weighted by Gasteiger charge is -2.39. The molecule has 19 heteroatoms. The molecule has 2 aliphatic heterocycles. The van der Waals surface area contributed by atoms with E-state index in [0.717, 1.165) is 69.8 Å². The predicted molar refractivity (Wildman–Crippen MR) is 252 cm³/mol. The molecule has 356 valence electrons. The van der Waals surface area contributed by atoms with Crippen molar-refractivity contribution in [2.45, 2.75) is 65.8 Å². The lowest BCUT2D eigenvalue weighted by atomic mass is 9.73. The summed E-state index contributed by atoms with van der Waals surface area (Å²) in [6.45, 7) is 11.2. The molecular weight excluding hydrogens is 935 g/mol. The van der Waals surface area contributed by atoms with E-state index in [-0.39, 0.29) is 23.2 Å². The number of benzene rings is 4. The normalized spacial score (nSPS) is 18.7. The Bertz CT molecular complexity index is 2620. The molecule has 1 unspecified atom stereocenters. The molecule has 12 nitrogen and oxygen atoms in total. The van der Waals surface area contributed by atoms with E-state index >= 15 is 0 Å². The minimum atomic E-state index is -6.14. The van der Waals surface area contributed by atoms with Crippen molar-refractivity contribution < 1.29 is 43.7 Å². The second kappa shape index (κ2) is 20.9. The summed E-state index contributed by atoms with van der Waals surface area (Å²) in [6.07, 6.45) is 3.39. The van der Waals surface area contributed by atoms with Gasteiger partial charge in [-0.2, -0.15) is 13.2 Å². The van der Waals surface area contributed by atoms with Crippen LogP contribution in [0.3, 0.4) is 0 Å². The number of allylic oxidation sites excluding steroid dienone is 1. The summed E-state index contributed by atoms with van der Waals surface area (Å²) >= 11 is 6.18. The van der Waals surface area contributed by atoms with Gasteiger partial charge in [0.15, 0.2) is 0 Å². The van der Waals surface area contributed by atoms with Crippen molar-refractivity contribution in [2.75, 3.05) is 81.5 Å². The van der Waals surface area contributed by atoms with E-state index in [1.165, 1.54) is 28.8 Å². The molecule has 2 heterocycles. The predicted octanol–water partition coefficient (Wildman–Crippen LogP) is 7.85. The van der Waals surface area contributed by atoms with Crippen LogP contribution in [0, 0.1) is 5.41 Å². The molecule has 1 amide bonds. The zero-order valence-electron chi connectivity index (χ0n) is 36.9. The Kier molecular flexibility index (Phi) is 15.7. The number of nitrogens with zero attached hydrogens (tertiary/aromatic N) is 3. The van der Waals surface area contributed by atoms with Crippen molar-refractivity contribution in [3.63, 3.8) is 0 Å². The second-order valence-electron chi connectivity index (χ2n) is 17.7. The van der Waals surface area contributed by atoms with Crippen LogP contribution in [0.2, 0.25) is 5.02 Å². The van der Waals surface area contributed by atoms with Crippen molar-refractivity contribution >= 4 is 65.1 Å². The van der Waals surface area contributed by atoms with Crippen molar-refractivity contribution in [2.24, 2.45) is 5.41 Å². The van der Waals surface area contributed by atoms with Crippen LogP contribution in [-0.2, 0) is 35.4 Å². The summed E-state index contributed by atoms with van der Waals surface area (Å²) in [5, 5.41) is 3.56.